The maximum absolute atomic E-state index is 11.4. The second kappa shape index (κ2) is 3.57. The van der Waals surface area contributed by atoms with Gasteiger partial charge in [0.2, 0.25) is 0 Å². The van der Waals surface area contributed by atoms with Crippen LogP contribution < -0.4 is 5.56 Å². The number of benzene rings is 1. The van der Waals surface area contributed by atoms with Crippen molar-refractivity contribution in [3.8, 4) is 5.69 Å². The molecule has 1 heterocycles. The Morgan fingerprint density at radius 2 is 1.93 bits per heavy atom. The van der Waals surface area contributed by atoms with Crippen molar-refractivity contribution in [3.63, 3.8) is 0 Å². The molecule has 0 aliphatic heterocycles. The van der Waals surface area contributed by atoms with E-state index in [-0.39, 0.29) is 16.9 Å². The lowest BCUT2D eigenvalue weighted by atomic mass is 10.2. The topological polar surface area (TPSA) is 54.9 Å². The Hall–Kier alpha value is -2.10. The third-order valence-corrected chi connectivity index (χ3v) is 2.14. The molecule has 0 unspecified atom stereocenters. The van der Waals surface area contributed by atoms with Gasteiger partial charge in [-0.15, -0.1) is 0 Å². The summed E-state index contributed by atoms with van der Waals surface area (Å²) in [4.78, 5) is 22.4. The fraction of sp³-hybridized carbons (Fsp3) is 0.0909. The zero-order valence-electron chi connectivity index (χ0n) is 8.23. The molecule has 0 spiro atoms. The van der Waals surface area contributed by atoms with Crippen molar-refractivity contribution < 1.29 is 4.79 Å². The molecule has 0 radical (unpaired) electrons. The lowest BCUT2D eigenvalue weighted by molar-refractivity contribution is 0.101. The summed E-state index contributed by atoms with van der Waals surface area (Å²) in [5, 5.41) is 2.58. The molecule has 0 saturated heterocycles. The van der Waals surface area contributed by atoms with Gasteiger partial charge in [-0.3, -0.25) is 19.4 Å². The van der Waals surface area contributed by atoms with Crippen LogP contribution in [0.25, 0.3) is 5.69 Å². The molecule has 1 aromatic heterocycles. The smallest absolute Gasteiger partial charge is 0.275 e. The standard InChI is InChI=1S/C11H10N2O2/c1-8(14)10-7-13(12-11(10)15)9-5-3-2-4-6-9/h2-7H,1H3,(H,12,15). The van der Waals surface area contributed by atoms with Crippen molar-refractivity contribution >= 4 is 5.78 Å². The maximum atomic E-state index is 11.4. The van der Waals surface area contributed by atoms with Crippen LogP contribution in [0.1, 0.15) is 17.3 Å². The van der Waals surface area contributed by atoms with Crippen LogP contribution in [0.4, 0.5) is 0 Å². The summed E-state index contributed by atoms with van der Waals surface area (Å²) in [7, 11) is 0. The van der Waals surface area contributed by atoms with Gasteiger partial charge in [0, 0.05) is 6.20 Å². The molecule has 0 atom stereocenters. The van der Waals surface area contributed by atoms with Gasteiger partial charge < -0.3 is 0 Å². The highest BCUT2D eigenvalue weighted by Gasteiger charge is 2.08. The summed E-state index contributed by atoms with van der Waals surface area (Å²) in [5.41, 5.74) is 0.646. The normalized spacial score (nSPS) is 10.2. The van der Waals surface area contributed by atoms with Gasteiger partial charge >= 0.3 is 0 Å². The van der Waals surface area contributed by atoms with Crippen LogP contribution in [0, 0.1) is 0 Å². The van der Waals surface area contributed by atoms with Gasteiger partial charge in [0.25, 0.3) is 5.56 Å². The minimum atomic E-state index is -0.355. The van der Waals surface area contributed by atoms with Gasteiger partial charge in [-0.2, -0.15) is 0 Å². The second-order valence-electron chi connectivity index (χ2n) is 3.25. The zero-order chi connectivity index (χ0) is 10.8. The predicted octanol–water partition coefficient (Wildman–Crippen LogP) is 1.37. The van der Waals surface area contributed by atoms with E-state index in [2.05, 4.69) is 5.10 Å². The third kappa shape index (κ3) is 1.74. The minimum absolute atomic E-state index is 0.179. The first-order chi connectivity index (χ1) is 7.18. The van der Waals surface area contributed by atoms with E-state index in [4.69, 9.17) is 0 Å². The van der Waals surface area contributed by atoms with Crippen LogP contribution in [0.3, 0.4) is 0 Å². The van der Waals surface area contributed by atoms with Gasteiger partial charge in [0.15, 0.2) is 5.78 Å². The Morgan fingerprint density at radius 3 is 2.47 bits per heavy atom. The van der Waals surface area contributed by atoms with Gasteiger partial charge in [-0.25, -0.2) is 0 Å². The van der Waals surface area contributed by atoms with Crippen LogP contribution >= 0.6 is 0 Å². The van der Waals surface area contributed by atoms with Crippen molar-refractivity contribution in [2.24, 2.45) is 0 Å². The molecule has 2 aromatic rings. The number of nitrogens with one attached hydrogen (secondary N) is 1. The van der Waals surface area contributed by atoms with Crippen molar-refractivity contribution in [1.82, 2.24) is 9.78 Å². The molecule has 0 aliphatic rings. The van der Waals surface area contributed by atoms with Crippen LogP contribution in [0.5, 0.6) is 0 Å². The quantitative estimate of drug-likeness (QED) is 0.748. The van der Waals surface area contributed by atoms with Crippen LogP contribution in [-0.4, -0.2) is 15.6 Å². The van der Waals surface area contributed by atoms with Crippen molar-refractivity contribution in [2.45, 2.75) is 6.92 Å². The molecule has 4 nitrogen and oxygen atoms in total. The zero-order valence-corrected chi connectivity index (χ0v) is 8.23. The number of ketones is 1. The van der Waals surface area contributed by atoms with Crippen LogP contribution in [0.15, 0.2) is 41.3 Å². The highest BCUT2D eigenvalue weighted by molar-refractivity contribution is 5.93. The summed E-state index contributed by atoms with van der Waals surface area (Å²) in [5.74, 6) is -0.231. The Morgan fingerprint density at radius 1 is 1.27 bits per heavy atom. The maximum Gasteiger partial charge on any atom is 0.275 e. The molecular weight excluding hydrogens is 192 g/mol. The molecule has 4 heteroatoms. The second-order valence-corrected chi connectivity index (χ2v) is 3.25. The summed E-state index contributed by atoms with van der Waals surface area (Å²) >= 11 is 0. The van der Waals surface area contributed by atoms with Gasteiger partial charge in [-0.1, -0.05) is 18.2 Å². The van der Waals surface area contributed by atoms with Gasteiger partial charge in [0.1, 0.15) is 5.56 Å². The lowest BCUT2D eigenvalue weighted by Crippen LogP contribution is -2.09. The number of rotatable bonds is 2. The number of carbonyl (C=O) groups is 1. The van der Waals surface area contributed by atoms with E-state index in [1.165, 1.54) is 13.1 Å². The predicted molar refractivity (Wildman–Crippen MR) is 56.4 cm³/mol. The number of nitrogens with zero attached hydrogens (tertiary/aromatic N) is 1. The molecule has 1 aromatic carbocycles. The summed E-state index contributed by atoms with van der Waals surface area (Å²) in [6.45, 7) is 1.37. The van der Waals surface area contributed by atoms with E-state index >= 15 is 0 Å². The average Bonchev–Trinajstić information content (AvgIpc) is 2.62. The summed E-state index contributed by atoms with van der Waals surface area (Å²) in [6.07, 6.45) is 1.51. The number of hydrogen-bond acceptors (Lipinski definition) is 2. The van der Waals surface area contributed by atoms with Crippen molar-refractivity contribution in [1.29, 1.82) is 0 Å². The van der Waals surface area contributed by atoms with Crippen molar-refractivity contribution in [2.75, 3.05) is 0 Å². The monoisotopic (exact) mass is 202 g/mol. The number of aromatic amines is 1. The average molecular weight is 202 g/mol. The van der Waals surface area contributed by atoms with E-state index < -0.39 is 0 Å². The first kappa shape index (κ1) is 9.45. The number of para-hydroxylation sites is 1. The van der Waals surface area contributed by atoms with Crippen LogP contribution in [0.2, 0.25) is 0 Å². The number of carbonyl (C=O) groups excluding carboxylic acids is 1. The van der Waals surface area contributed by atoms with Crippen molar-refractivity contribution in [3.05, 3.63) is 52.4 Å². The van der Waals surface area contributed by atoms with Gasteiger partial charge in [-0.05, 0) is 19.1 Å². The van der Waals surface area contributed by atoms with Crippen LogP contribution in [-0.2, 0) is 0 Å². The van der Waals surface area contributed by atoms with Gasteiger partial charge in [0.05, 0.1) is 5.69 Å². The Balaban J connectivity index is 2.53. The molecule has 0 amide bonds. The Kier molecular flexibility index (Phi) is 2.25. The minimum Gasteiger partial charge on any atom is -0.294 e. The molecule has 0 bridgehead atoms. The number of aromatic nitrogens is 2. The van der Waals surface area contributed by atoms with E-state index in [1.54, 1.807) is 4.68 Å². The van der Waals surface area contributed by atoms with E-state index in [0.717, 1.165) is 5.69 Å². The molecule has 0 fully saturated rings. The first-order valence-electron chi connectivity index (χ1n) is 4.56. The molecule has 0 saturated carbocycles. The van der Waals surface area contributed by atoms with E-state index in [9.17, 15) is 9.59 Å². The lowest BCUT2D eigenvalue weighted by Gasteiger charge is -1.99. The first-order valence-corrected chi connectivity index (χ1v) is 4.56. The Labute approximate surface area is 86.1 Å². The molecule has 76 valence electrons. The summed E-state index contributed by atoms with van der Waals surface area (Å²) in [6, 6.07) is 9.30. The molecule has 15 heavy (non-hydrogen) atoms. The Bertz CT molecular complexity index is 537. The fourth-order valence-electron chi connectivity index (χ4n) is 1.37. The largest absolute Gasteiger partial charge is 0.294 e. The highest BCUT2D eigenvalue weighted by Crippen LogP contribution is 2.04. The fourth-order valence-corrected chi connectivity index (χ4v) is 1.37. The number of Topliss-reactive ketones (excluding diaryl/α,β-unsaturated/α-hetero) is 1. The summed E-state index contributed by atoms with van der Waals surface area (Å²) < 4.78 is 1.54. The third-order valence-electron chi connectivity index (χ3n) is 2.14. The highest BCUT2D eigenvalue weighted by atomic mass is 16.1. The molecule has 1 N–H and O–H groups in total. The molecular formula is C11H10N2O2. The number of hydrogen-bond donors (Lipinski definition) is 1. The van der Waals surface area contributed by atoms with E-state index in [1.807, 2.05) is 30.3 Å². The SMILES string of the molecule is CC(=O)c1cn(-c2ccccc2)[nH]c1=O. The van der Waals surface area contributed by atoms with E-state index in [0.29, 0.717) is 0 Å². The molecule has 0 aliphatic carbocycles. The molecule has 2 rings (SSSR count). The number of H-pyrrole nitrogens is 1.